The van der Waals surface area contributed by atoms with Gasteiger partial charge in [0.15, 0.2) is 5.60 Å². The summed E-state index contributed by atoms with van der Waals surface area (Å²) in [7, 11) is 1.85. The Balaban J connectivity index is 1.32. The smallest absolute Gasteiger partial charge is 0.270 e. The highest BCUT2D eigenvalue weighted by molar-refractivity contribution is 6.39. The molecule has 4 rings (SSSR count). The normalized spacial score (nSPS) is 27.7. The Morgan fingerprint density at radius 2 is 2.35 bits per heavy atom. The zero-order chi connectivity index (χ0) is 18.1. The first-order chi connectivity index (χ1) is 12.6. The van der Waals surface area contributed by atoms with Crippen molar-refractivity contribution < 1.29 is 19.2 Å². The Kier molecular flexibility index (Phi) is 4.44. The molecule has 0 radical (unpaired) electrons. The van der Waals surface area contributed by atoms with Crippen LogP contribution in [0.25, 0.3) is 0 Å². The van der Waals surface area contributed by atoms with Crippen LogP contribution >= 0.6 is 0 Å². The molecule has 0 aromatic carbocycles. The zero-order valence-electron chi connectivity index (χ0n) is 14.9. The number of aryl methyl sites for hydroxylation is 1. The molecule has 1 N–H and O–H groups in total. The van der Waals surface area contributed by atoms with Crippen molar-refractivity contribution in [3.05, 3.63) is 24.0 Å². The predicted molar refractivity (Wildman–Crippen MR) is 93.8 cm³/mol. The highest BCUT2D eigenvalue weighted by Crippen LogP contribution is 2.34. The number of oxime groups is 1. The van der Waals surface area contributed by atoms with Crippen LogP contribution in [-0.2, 0) is 21.4 Å². The summed E-state index contributed by atoms with van der Waals surface area (Å²) >= 11 is 0. The molecule has 26 heavy (non-hydrogen) atoms. The molecule has 0 unspecified atom stereocenters. The summed E-state index contributed by atoms with van der Waals surface area (Å²) in [5.41, 5.74) is 0.476. The van der Waals surface area contributed by atoms with Crippen LogP contribution in [0.3, 0.4) is 0 Å². The van der Waals surface area contributed by atoms with E-state index in [4.69, 9.17) is 9.57 Å². The quantitative estimate of drug-likeness (QED) is 0.856. The van der Waals surface area contributed by atoms with Gasteiger partial charge >= 0.3 is 0 Å². The fourth-order valence-electron chi connectivity index (χ4n) is 3.84. The van der Waals surface area contributed by atoms with Crippen molar-refractivity contribution in [3.8, 4) is 0 Å². The van der Waals surface area contributed by atoms with Crippen molar-refractivity contribution in [3.63, 3.8) is 0 Å². The van der Waals surface area contributed by atoms with Gasteiger partial charge in [0.2, 0.25) is 0 Å². The number of aromatic nitrogens is 1. The van der Waals surface area contributed by atoms with E-state index in [9.17, 15) is 9.59 Å². The Labute approximate surface area is 152 Å². The number of carbonyl (C=O) groups excluding carboxylic acids is 2. The third-order valence-electron chi connectivity index (χ3n) is 5.38. The molecule has 3 aliphatic heterocycles. The highest BCUT2D eigenvalue weighted by Gasteiger charge is 2.48. The van der Waals surface area contributed by atoms with Crippen LogP contribution < -0.4 is 5.32 Å². The lowest BCUT2D eigenvalue weighted by Crippen LogP contribution is -2.40. The summed E-state index contributed by atoms with van der Waals surface area (Å²) in [5, 5.41) is 6.89. The minimum absolute atomic E-state index is 0.0192. The van der Waals surface area contributed by atoms with Crippen LogP contribution in [0.2, 0.25) is 0 Å². The number of rotatable bonds is 4. The standard InChI is InChI=1S/C18H24N4O4/c1-21-7-2-5-15(21)17(24)22-8-6-18(12-22)10-14(20-26-18)16(23)19-11-13-4-3-9-25-13/h2,5,7,13H,3-4,6,8-12H2,1H3,(H,19,23)/t13-,18+/m0/s1. The molecule has 1 spiro atoms. The van der Waals surface area contributed by atoms with Gasteiger partial charge in [0.25, 0.3) is 11.8 Å². The van der Waals surface area contributed by atoms with Crippen molar-refractivity contribution in [1.29, 1.82) is 0 Å². The van der Waals surface area contributed by atoms with E-state index in [1.54, 1.807) is 4.90 Å². The van der Waals surface area contributed by atoms with Gasteiger partial charge in [-0.05, 0) is 25.0 Å². The number of nitrogens with one attached hydrogen (secondary N) is 1. The molecule has 4 heterocycles. The first-order valence-electron chi connectivity index (χ1n) is 9.12. The average Bonchev–Trinajstić information content (AvgIpc) is 3.42. The van der Waals surface area contributed by atoms with Crippen molar-refractivity contribution >= 4 is 17.5 Å². The SMILES string of the molecule is Cn1cccc1C(=O)N1CC[C@@]2(CC(C(=O)NC[C@@H]3CCCO3)=NO2)C1. The Morgan fingerprint density at radius 3 is 3.08 bits per heavy atom. The van der Waals surface area contributed by atoms with Crippen molar-refractivity contribution in [1.82, 2.24) is 14.8 Å². The minimum Gasteiger partial charge on any atom is -0.386 e. The molecule has 8 nitrogen and oxygen atoms in total. The summed E-state index contributed by atoms with van der Waals surface area (Å²) in [4.78, 5) is 32.4. The van der Waals surface area contributed by atoms with E-state index in [1.165, 1.54) is 0 Å². The fraction of sp³-hybridized carbons (Fsp3) is 0.611. The number of hydrogen-bond acceptors (Lipinski definition) is 5. The van der Waals surface area contributed by atoms with Gasteiger partial charge in [-0.3, -0.25) is 9.59 Å². The summed E-state index contributed by atoms with van der Waals surface area (Å²) < 4.78 is 7.32. The first-order valence-corrected chi connectivity index (χ1v) is 9.12. The molecular formula is C18H24N4O4. The lowest BCUT2D eigenvalue weighted by Gasteiger charge is -2.21. The first kappa shape index (κ1) is 17.1. The van der Waals surface area contributed by atoms with Gasteiger partial charge < -0.3 is 24.4 Å². The minimum atomic E-state index is -0.572. The molecule has 1 aromatic rings. The highest BCUT2D eigenvalue weighted by atomic mass is 16.7. The predicted octanol–water partition coefficient (Wildman–Crippen LogP) is 0.681. The fourth-order valence-corrected chi connectivity index (χ4v) is 3.84. The molecule has 3 aliphatic rings. The van der Waals surface area contributed by atoms with Gasteiger partial charge in [-0.2, -0.15) is 0 Å². The van der Waals surface area contributed by atoms with Crippen LogP contribution in [0.5, 0.6) is 0 Å². The molecule has 2 atom stereocenters. The molecule has 1 aromatic heterocycles. The number of carbonyl (C=O) groups is 2. The van der Waals surface area contributed by atoms with Crippen LogP contribution in [0.4, 0.5) is 0 Å². The van der Waals surface area contributed by atoms with Crippen molar-refractivity contribution in [2.75, 3.05) is 26.2 Å². The number of likely N-dealkylation sites (tertiary alicyclic amines) is 1. The molecule has 0 aliphatic carbocycles. The topological polar surface area (TPSA) is 85.2 Å². The maximum Gasteiger partial charge on any atom is 0.270 e. The molecule has 140 valence electrons. The molecule has 2 fully saturated rings. The number of hydrogen-bond donors (Lipinski definition) is 1. The lowest BCUT2D eigenvalue weighted by molar-refractivity contribution is -0.115. The number of amides is 2. The Hall–Kier alpha value is -2.35. The second-order valence-electron chi connectivity index (χ2n) is 7.32. The van der Waals surface area contributed by atoms with E-state index < -0.39 is 5.60 Å². The van der Waals surface area contributed by atoms with E-state index in [0.29, 0.717) is 43.9 Å². The molecule has 0 bridgehead atoms. The maximum absolute atomic E-state index is 12.7. The summed E-state index contributed by atoms with van der Waals surface area (Å²) in [6, 6.07) is 3.66. The summed E-state index contributed by atoms with van der Waals surface area (Å²) in [6.45, 7) is 2.31. The third-order valence-corrected chi connectivity index (χ3v) is 5.38. The van der Waals surface area contributed by atoms with Crippen LogP contribution in [-0.4, -0.2) is 64.9 Å². The second kappa shape index (κ2) is 6.75. The van der Waals surface area contributed by atoms with Crippen molar-refractivity contribution in [2.24, 2.45) is 12.2 Å². The van der Waals surface area contributed by atoms with E-state index in [-0.39, 0.29) is 17.9 Å². The third kappa shape index (κ3) is 3.21. The van der Waals surface area contributed by atoms with Gasteiger partial charge in [0.1, 0.15) is 11.4 Å². The average molecular weight is 360 g/mol. The van der Waals surface area contributed by atoms with Gasteiger partial charge in [-0.15, -0.1) is 0 Å². The van der Waals surface area contributed by atoms with Gasteiger partial charge in [-0.1, -0.05) is 5.16 Å². The molecule has 2 saturated heterocycles. The molecule has 0 saturated carbocycles. The maximum atomic E-state index is 12.7. The summed E-state index contributed by atoms with van der Waals surface area (Å²) in [6.07, 6.45) is 5.07. The van der Waals surface area contributed by atoms with E-state index in [1.807, 2.05) is 29.9 Å². The molecular weight excluding hydrogens is 336 g/mol. The van der Waals surface area contributed by atoms with Crippen LogP contribution in [0.15, 0.2) is 23.5 Å². The number of nitrogens with zero attached hydrogens (tertiary/aromatic N) is 3. The van der Waals surface area contributed by atoms with Crippen molar-refractivity contribution in [2.45, 2.75) is 37.4 Å². The monoisotopic (exact) mass is 360 g/mol. The molecule has 2 amide bonds. The van der Waals surface area contributed by atoms with E-state index >= 15 is 0 Å². The summed E-state index contributed by atoms with van der Waals surface area (Å²) in [5.74, 6) is -0.223. The second-order valence-corrected chi connectivity index (χ2v) is 7.32. The van der Waals surface area contributed by atoms with Crippen LogP contribution in [0.1, 0.15) is 36.2 Å². The Bertz CT molecular complexity index is 737. The van der Waals surface area contributed by atoms with Gasteiger partial charge in [0.05, 0.1) is 12.6 Å². The van der Waals surface area contributed by atoms with E-state index in [2.05, 4.69) is 10.5 Å². The Morgan fingerprint density at radius 1 is 1.46 bits per heavy atom. The number of ether oxygens (including phenoxy) is 1. The lowest BCUT2D eigenvalue weighted by atomic mass is 9.96. The van der Waals surface area contributed by atoms with Gasteiger partial charge in [-0.25, -0.2) is 0 Å². The van der Waals surface area contributed by atoms with E-state index in [0.717, 1.165) is 19.4 Å². The zero-order valence-corrected chi connectivity index (χ0v) is 14.9. The van der Waals surface area contributed by atoms with Crippen LogP contribution in [0, 0.1) is 0 Å². The largest absolute Gasteiger partial charge is 0.386 e. The molecule has 8 heteroatoms. The van der Waals surface area contributed by atoms with Gasteiger partial charge in [0, 0.05) is 45.8 Å².